The summed E-state index contributed by atoms with van der Waals surface area (Å²) in [6, 6.07) is 0. The summed E-state index contributed by atoms with van der Waals surface area (Å²) in [4.78, 5) is 0. The van der Waals surface area contributed by atoms with Crippen LogP contribution in [0, 0.1) is 12.2 Å². The molecule has 0 atom stereocenters. The van der Waals surface area contributed by atoms with E-state index in [4.69, 9.17) is 0 Å². The number of hydrogen-bond acceptors (Lipinski definition) is 0. The molecule has 14 heavy (non-hydrogen) atoms. The average molecular weight is 386 g/mol. The molecule has 0 heterocycles. The Balaban J connectivity index is -0.0000000556. The molecule has 0 fully saturated rings. The normalized spacial score (nSPS) is 12.6. The van der Waals surface area contributed by atoms with Gasteiger partial charge in [0.2, 0.25) is 0 Å². The second-order valence-electron chi connectivity index (χ2n) is 2.01. The molecule has 0 N–H and O–H groups in total. The summed E-state index contributed by atoms with van der Waals surface area (Å²) >= 11 is 0. The minimum absolute atomic E-state index is 0. The van der Waals surface area contributed by atoms with E-state index < -0.39 is 0 Å². The fourth-order valence-electron chi connectivity index (χ4n) is 0.680. The summed E-state index contributed by atoms with van der Waals surface area (Å²) in [7, 11) is 0. The molecule has 0 amide bonds. The summed E-state index contributed by atoms with van der Waals surface area (Å²) in [5.74, 6) is 0. The van der Waals surface area contributed by atoms with E-state index in [-0.39, 0.29) is 77.2 Å². The van der Waals surface area contributed by atoms with E-state index in [0.717, 1.165) is 12.8 Å². The predicted molar refractivity (Wildman–Crippen MR) is 57.6 cm³/mol. The molecule has 2 aliphatic rings. The van der Waals surface area contributed by atoms with Gasteiger partial charge in [-0.15, -0.1) is 37.7 Å². The van der Waals surface area contributed by atoms with Crippen LogP contribution in [-0.2, 0) is 52.4 Å². The van der Waals surface area contributed by atoms with Crippen LogP contribution in [0.15, 0.2) is 36.5 Å². The second-order valence-corrected chi connectivity index (χ2v) is 2.01. The van der Waals surface area contributed by atoms with E-state index in [1.807, 2.05) is 24.3 Å². The largest absolute Gasteiger partial charge is 0.273 e. The first-order valence-electron chi connectivity index (χ1n) is 3.43. The Hall–Kier alpha value is 1.31. The predicted octanol–water partition coefficient (Wildman–Crippen LogP) is 3.45. The zero-order chi connectivity index (χ0) is 7.07. The third-order valence-corrected chi connectivity index (χ3v) is 1.17. The van der Waals surface area contributed by atoms with Gasteiger partial charge in [-0.05, 0) is 0 Å². The van der Waals surface area contributed by atoms with E-state index in [2.05, 4.69) is 24.3 Å². The van der Waals surface area contributed by atoms with Crippen LogP contribution in [0.2, 0.25) is 0 Å². The summed E-state index contributed by atoms with van der Waals surface area (Å²) in [6.07, 6.45) is 20.0. The van der Waals surface area contributed by atoms with Crippen molar-refractivity contribution >= 4 is 24.8 Å². The number of halogens is 2. The van der Waals surface area contributed by atoms with Gasteiger partial charge in [-0.2, -0.15) is 12.2 Å². The van der Waals surface area contributed by atoms with Crippen LogP contribution in [0.5, 0.6) is 0 Å². The van der Waals surface area contributed by atoms with Crippen molar-refractivity contribution in [2.24, 2.45) is 0 Å². The molecule has 0 saturated carbocycles. The molecule has 76 valence electrons. The van der Waals surface area contributed by atoms with Crippen molar-refractivity contribution in [2.75, 3.05) is 0 Å². The van der Waals surface area contributed by atoms with Crippen LogP contribution in [0.25, 0.3) is 0 Å². The fraction of sp³-hybridized carbons (Fsp3) is 0.200. The number of hydrogen-bond donors (Lipinski definition) is 0. The van der Waals surface area contributed by atoms with Gasteiger partial charge in [-0.25, -0.2) is 24.3 Å². The van der Waals surface area contributed by atoms with Crippen molar-refractivity contribution < 1.29 is 52.4 Å². The fourth-order valence-corrected chi connectivity index (χ4v) is 0.680. The van der Waals surface area contributed by atoms with E-state index >= 15 is 0 Å². The van der Waals surface area contributed by atoms with Gasteiger partial charge in [0.1, 0.15) is 0 Å². The van der Waals surface area contributed by atoms with Gasteiger partial charge in [0.25, 0.3) is 0 Å². The Labute approximate surface area is 137 Å². The molecule has 0 aliphatic heterocycles. The quantitative estimate of drug-likeness (QED) is 0.561. The first-order valence-corrected chi connectivity index (χ1v) is 3.43. The molecule has 0 nitrogen and oxygen atoms in total. The summed E-state index contributed by atoms with van der Waals surface area (Å²) < 4.78 is 0. The molecule has 4 heteroatoms. The number of allylic oxidation sites excluding steroid dienone is 8. The van der Waals surface area contributed by atoms with Crippen LogP contribution >= 0.6 is 24.8 Å². The van der Waals surface area contributed by atoms with Crippen molar-refractivity contribution in [3.05, 3.63) is 48.6 Å². The third kappa shape index (κ3) is 15.8. The van der Waals surface area contributed by atoms with Crippen molar-refractivity contribution in [2.45, 2.75) is 12.8 Å². The van der Waals surface area contributed by atoms with Crippen LogP contribution in [0.1, 0.15) is 12.8 Å². The number of rotatable bonds is 0. The minimum atomic E-state index is 0. The van der Waals surface area contributed by atoms with Gasteiger partial charge in [0, 0.05) is 52.4 Å². The van der Waals surface area contributed by atoms with E-state index in [1.165, 1.54) is 0 Å². The Morgan fingerprint density at radius 3 is 1.14 bits per heavy atom. The molecule has 2 aliphatic carbocycles. The van der Waals surface area contributed by atoms with Crippen molar-refractivity contribution in [1.29, 1.82) is 0 Å². The maximum absolute atomic E-state index is 2.99. The topological polar surface area (TPSA) is 0 Å². The average Bonchev–Trinajstić information content (AvgIpc) is 2.67. The molecule has 0 aromatic heterocycles. The van der Waals surface area contributed by atoms with Gasteiger partial charge < -0.3 is 0 Å². The van der Waals surface area contributed by atoms with Crippen LogP contribution in [-0.4, -0.2) is 0 Å². The van der Waals surface area contributed by atoms with Crippen LogP contribution < -0.4 is 0 Å². The van der Waals surface area contributed by atoms with Crippen molar-refractivity contribution in [3.63, 3.8) is 0 Å². The Bertz CT molecular complexity index is 154. The molecular formula is C10H12Cl2Zr2-2. The minimum Gasteiger partial charge on any atom is -0.273 e. The first-order chi connectivity index (χ1) is 5.00. The Morgan fingerprint density at radius 1 is 0.714 bits per heavy atom. The smallest absolute Gasteiger partial charge is 0 e. The van der Waals surface area contributed by atoms with E-state index in [9.17, 15) is 0 Å². The van der Waals surface area contributed by atoms with Crippen molar-refractivity contribution in [1.82, 2.24) is 0 Å². The monoisotopic (exact) mass is 382 g/mol. The zero-order valence-electron chi connectivity index (χ0n) is 7.69. The second kappa shape index (κ2) is 19.8. The molecule has 0 aromatic rings. The van der Waals surface area contributed by atoms with Gasteiger partial charge in [-0.3, -0.25) is 12.2 Å². The molecule has 0 unspecified atom stereocenters. The van der Waals surface area contributed by atoms with E-state index in [1.54, 1.807) is 0 Å². The molecule has 0 aromatic carbocycles. The SMILES string of the molecule is Cl.Cl.[C-]1=CC=CC1.[C-]1=CC=CC1.[Zr].[Zr]. The maximum Gasteiger partial charge on any atom is 0 e. The zero-order valence-corrected chi connectivity index (χ0v) is 14.2. The molecule has 0 spiro atoms. The maximum atomic E-state index is 2.99. The third-order valence-electron chi connectivity index (χ3n) is 1.17. The Morgan fingerprint density at radius 2 is 1.07 bits per heavy atom. The van der Waals surface area contributed by atoms with Crippen LogP contribution in [0.4, 0.5) is 0 Å². The van der Waals surface area contributed by atoms with Gasteiger partial charge >= 0.3 is 0 Å². The van der Waals surface area contributed by atoms with E-state index in [0.29, 0.717) is 0 Å². The molecule has 0 radical (unpaired) electrons. The van der Waals surface area contributed by atoms with Gasteiger partial charge in [0.15, 0.2) is 0 Å². The summed E-state index contributed by atoms with van der Waals surface area (Å²) in [6.45, 7) is 0. The van der Waals surface area contributed by atoms with Gasteiger partial charge in [-0.1, -0.05) is 0 Å². The Kier molecular flexibility index (Phi) is 34.7. The standard InChI is InChI=1S/2C5H5.2ClH.2Zr/c2*1-2-4-5-3-1;;;;/h2*1-3H,4H2;2*1H;;/q2*-1;;;;. The molecular weight excluding hydrogens is 373 g/mol. The van der Waals surface area contributed by atoms with Crippen molar-refractivity contribution in [3.8, 4) is 0 Å². The van der Waals surface area contributed by atoms with Crippen LogP contribution in [0.3, 0.4) is 0 Å². The molecule has 2 rings (SSSR count). The summed E-state index contributed by atoms with van der Waals surface area (Å²) in [5, 5.41) is 0. The molecule has 0 bridgehead atoms. The molecule has 0 saturated heterocycles. The first kappa shape index (κ1) is 24.5. The summed E-state index contributed by atoms with van der Waals surface area (Å²) in [5.41, 5.74) is 0. The van der Waals surface area contributed by atoms with Gasteiger partial charge in [0.05, 0.1) is 0 Å².